The van der Waals surface area contributed by atoms with Crippen molar-refractivity contribution in [3.05, 3.63) is 42.5 Å². The van der Waals surface area contributed by atoms with Crippen molar-refractivity contribution in [2.75, 3.05) is 25.0 Å². The Kier molecular flexibility index (Phi) is 7.06. The van der Waals surface area contributed by atoms with Gasteiger partial charge in [-0.2, -0.15) is 0 Å². The monoisotopic (exact) mass is 276 g/mol. The minimum absolute atomic E-state index is 0.154. The van der Waals surface area contributed by atoms with Gasteiger partial charge < -0.3 is 15.4 Å². The highest BCUT2D eigenvalue weighted by atomic mass is 16.5. The van der Waals surface area contributed by atoms with Crippen molar-refractivity contribution in [3.8, 4) is 0 Å². The van der Waals surface area contributed by atoms with Crippen LogP contribution in [-0.4, -0.2) is 31.6 Å². The lowest BCUT2D eigenvalue weighted by Gasteiger charge is -2.10. The summed E-state index contributed by atoms with van der Waals surface area (Å²) in [5, 5.41) is 5.76. The molecular formula is C15H20N2O3. The molecule has 0 atom stereocenters. The summed E-state index contributed by atoms with van der Waals surface area (Å²) in [5.41, 5.74) is 0.835. The van der Waals surface area contributed by atoms with Crippen molar-refractivity contribution in [3.63, 3.8) is 0 Å². The number of ether oxygens (including phenoxy) is 1. The first-order valence-electron chi connectivity index (χ1n) is 6.56. The predicted molar refractivity (Wildman–Crippen MR) is 78.7 cm³/mol. The van der Waals surface area contributed by atoms with E-state index >= 15 is 0 Å². The quantitative estimate of drug-likeness (QED) is 0.433. The molecule has 0 unspecified atom stereocenters. The Labute approximate surface area is 119 Å². The molecule has 5 heteroatoms. The first-order chi connectivity index (χ1) is 9.69. The summed E-state index contributed by atoms with van der Waals surface area (Å²) in [6.45, 7) is 6.83. The Morgan fingerprint density at radius 2 is 2.10 bits per heavy atom. The lowest BCUT2D eigenvalue weighted by Crippen LogP contribution is -2.22. The number of para-hydroxylation sites is 1. The molecule has 0 saturated carbocycles. The molecular weight excluding hydrogens is 256 g/mol. The van der Waals surface area contributed by atoms with Gasteiger partial charge in [0.15, 0.2) is 0 Å². The lowest BCUT2D eigenvalue weighted by atomic mass is 10.1. The topological polar surface area (TPSA) is 67.4 Å². The average Bonchev–Trinajstić information content (AvgIpc) is 2.44. The molecule has 0 saturated heterocycles. The highest BCUT2D eigenvalue weighted by Crippen LogP contribution is 2.16. The highest BCUT2D eigenvalue weighted by Gasteiger charge is 2.13. The first kappa shape index (κ1) is 15.9. The predicted octanol–water partition coefficient (Wildman–Crippen LogP) is 1.97. The molecule has 1 amide bonds. The minimum Gasteiger partial charge on any atom is -0.462 e. The van der Waals surface area contributed by atoms with E-state index in [0.717, 1.165) is 0 Å². The van der Waals surface area contributed by atoms with Gasteiger partial charge in [-0.25, -0.2) is 4.79 Å². The molecule has 0 aliphatic rings. The van der Waals surface area contributed by atoms with Gasteiger partial charge in [-0.15, -0.1) is 6.58 Å². The van der Waals surface area contributed by atoms with Crippen molar-refractivity contribution in [1.29, 1.82) is 0 Å². The zero-order chi connectivity index (χ0) is 14.8. The van der Waals surface area contributed by atoms with E-state index in [9.17, 15) is 9.59 Å². The maximum absolute atomic E-state index is 11.8. The van der Waals surface area contributed by atoms with Gasteiger partial charge >= 0.3 is 5.97 Å². The van der Waals surface area contributed by atoms with Crippen LogP contribution in [0.4, 0.5) is 5.69 Å². The second-order valence-corrected chi connectivity index (χ2v) is 4.06. The third-order valence-electron chi connectivity index (χ3n) is 2.51. The van der Waals surface area contributed by atoms with Gasteiger partial charge in [0, 0.05) is 19.5 Å². The average molecular weight is 276 g/mol. The van der Waals surface area contributed by atoms with E-state index in [1.807, 2.05) is 0 Å². The molecule has 0 aromatic heterocycles. The number of esters is 1. The Morgan fingerprint density at radius 1 is 1.35 bits per heavy atom. The van der Waals surface area contributed by atoms with Crippen LogP contribution in [0.5, 0.6) is 0 Å². The molecule has 0 radical (unpaired) electrons. The van der Waals surface area contributed by atoms with Crippen molar-refractivity contribution in [2.45, 2.75) is 13.3 Å². The molecule has 2 N–H and O–H groups in total. The van der Waals surface area contributed by atoms with E-state index in [-0.39, 0.29) is 5.91 Å². The van der Waals surface area contributed by atoms with Crippen molar-refractivity contribution >= 4 is 17.6 Å². The van der Waals surface area contributed by atoms with E-state index in [2.05, 4.69) is 17.2 Å². The van der Waals surface area contributed by atoms with Crippen molar-refractivity contribution in [1.82, 2.24) is 5.32 Å². The second kappa shape index (κ2) is 8.87. The van der Waals surface area contributed by atoms with Gasteiger partial charge in [0.25, 0.3) is 0 Å². The Balaban J connectivity index is 2.60. The number of rotatable bonds is 8. The van der Waals surface area contributed by atoms with E-state index in [4.69, 9.17) is 4.74 Å². The van der Waals surface area contributed by atoms with E-state index in [0.29, 0.717) is 37.4 Å². The molecule has 0 spiro atoms. The summed E-state index contributed by atoms with van der Waals surface area (Å²) in [5.74, 6) is -0.591. The number of anilines is 1. The number of carbonyl (C=O) groups excluding carboxylic acids is 2. The number of carbonyl (C=O) groups is 2. The molecule has 1 aromatic carbocycles. The van der Waals surface area contributed by atoms with Crippen molar-refractivity contribution < 1.29 is 14.3 Å². The highest BCUT2D eigenvalue weighted by molar-refractivity contribution is 6.01. The summed E-state index contributed by atoms with van der Waals surface area (Å²) < 4.78 is 4.95. The SMILES string of the molecule is C=CCNCCC(=O)Nc1ccccc1C(=O)OCC. The molecule has 0 aliphatic carbocycles. The van der Waals surface area contributed by atoms with Gasteiger partial charge in [0.05, 0.1) is 17.9 Å². The maximum Gasteiger partial charge on any atom is 0.340 e. The zero-order valence-electron chi connectivity index (χ0n) is 11.6. The maximum atomic E-state index is 11.8. The second-order valence-electron chi connectivity index (χ2n) is 4.06. The Hall–Kier alpha value is -2.14. The largest absolute Gasteiger partial charge is 0.462 e. The van der Waals surface area contributed by atoms with Crippen LogP contribution in [-0.2, 0) is 9.53 Å². The number of nitrogens with one attached hydrogen (secondary N) is 2. The van der Waals surface area contributed by atoms with E-state index < -0.39 is 5.97 Å². The Morgan fingerprint density at radius 3 is 2.80 bits per heavy atom. The summed E-state index contributed by atoms with van der Waals surface area (Å²) in [6.07, 6.45) is 2.05. The summed E-state index contributed by atoms with van der Waals surface area (Å²) in [7, 11) is 0. The van der Waals surface area contributed by atoms with Crippen LogP contribution in [0, 0.1) is 0 Å². The fourth-order valence-electron chi connectivity index (χ4n) is 1.60. The van der Waals surface area contributed by atoms with E-state index in [1.54, 1.807) is 37.3 Å². The molecule has 0 aliphatic heterocycles. The fourth-order valence-corrected chi connectivity index (χ4v) is 1.60. The van der Waals surface area contributed by atoms with Gasteiger partial charge in [0.2, 0.25) is 5.91 Å². The van der Waals surface area contributed by atoms with Crippen LogP contribution >= 0.6 is 0 Å². The molecule has 1 aromatic rings. The third-order valence-corrected chi connectivity index (χ3v) is 2.51. The van der Waals surface area contributed by atoms with E-state index in [1.165, 1.54) is 0 Å². The van der Waals surface area contributed by atoms with Gasteiger partial charge in [-0.1, -0.05) is 18.2 Å². The van der Waals surface area contributed by atoms with Crippen LogP contribution in [0.3, 0.4) is 0 Å². The molecule has 108 valence electrons. The smallest absolute Gasteiger partial charge is 0.340 e. The van der Waals surface area contributed by atoms with Crippen LogP contribution < -0.4 is 10.6 Å². The normalized spacial score (nSPS) is 9.85. The van der Waals surface area contributed by atoms with Crippen molar-refractivity contribution in [2.24, 2.45) is 0 Å². The van der Waals surface area contributed by atoms with Crippen LogP contribution in [0.15, 0.2) is 36.9 Å². The molecule has 0 fully saturated rings. The molecule has 1 rings (SSSR count). The number of amides is 1. The van der Waals surface area contributed by atoms with Crippen LogP contribution in [0.1, 0.15) is 23.7 Å². The number of hydrogen-bond donors (Lipinski definition) is 2. The fraction of sp³-hybridized carbons (Fsp3) is 0.333. The van der Waals surface area contributed by atoms with Crippen LogP contribution in [0.2, 0.25) is 0 Å². The molecule has 20 heavy (non-hydrogen) atoms. The lowest BCUT2D eigenvalue weighted by molar-refractivity contribution is -0.116. The number of benzene rings is 1. The molecule has 0 heterocycles. The summed E-state index contributed by atoms with van der Waals surface area (Å²) in [6, 6.07) is 6.80. The summed E-state index contributed by atoms with van der Waals surface area (Å²) >= 11 is 0. The summed E-state index contributed by atoms with van der Waals surface area (Å²) in [4.78, 5) is 23.5. The molecule has 5 nitrogen and oxygen atoms in total. The third kappa shape index (κ3) is 5.24. The van der Waals surface area contributed by atoms with Crippen LogP contribution in [0.25, 0.3) is 0 Å². The first-order valence-corrected chi connectivity index (χ1v) is 6.56. The minimum atomic E-state index is -0.437. The standard InChI is InChI=1S/C15H20N2O3/c1-3-10-16-11-9-14(18)17-13-8-6-5-7-12(13)15(19)20-4-2/h3,5-8,16H,1,4,9-11H2,2H3,(H,17,18). The van der Waals surface area contributed by atoms with Gasteiger partial charge in [-0.05, 0) is 19.1 Å². The number of hydrogen-bond acceptors (Lipinski definition) is 4. The Bertz CT molecular complexity index is 472. The molecule has 0 bridgehead atoms. The zero-order valence-corrected chi connectivity index (χ0v) is 11.6. The van der Waals surface area contributed by atoms with Gasteiger partial charge in [0.1, 0.15) is 0 Å². The van der Waals surface area contributed by atoms with Gasteiger partial charge in [-0.3, -0.25) is 4.79 Å².